The van der Waals surface area contributed by atoms with Crippen LogP contribution in [0.15, 0.2) is 42.5 Å². The summed E-state index contributed by atoms with van der Waals surface area (Å²) in [4.78, 5) is 0. The monoisotopic (exact) mass is 215 g/mol. The molecule has 0 aliphatic heterocycles. The third-order valence-corrected chi connectivity index (χ3v) is 2.84. The Balaban J connectivity index is 2.25. The van der Waals surface area contributed by atoms with Gasteiger partial charge in [-0.1, -0.05) is 36.4 Å². The Morgan fingerprint density at radius 3 is 2.62 bits per heavy atom. The molecule has 0 radical (unpaired) electrons. The van der Waals surface area contributed by atoms with Crippen molar-refractivity contribution in [3.05, 3.63) is 48.0 Å². The smallest absolute Gasteiger partial charge is 0.0556 e. The van der Waals surface area contributed by atoms with Gasteiger partial charge in [0.15, 0.2) is 0 Å². The third kappa shape index (κ3) is 2.40. The van der Waals surface area contributed by atoms with Gasteiger partial charge in [-0.25, -0.2) is 0 Å². The predicted molar refractivity (Wildman–Crippen MR) is 67.5 cm³/mol. The molecule has 0 amide bonds. The summed E-state index contributed by atoms with van der Waals surface area (Å²) in [5, 5.41) is 14.6. The lowest BCUT2D eigenvalue weighted by Crippen LogP contribution is -2.21. The van der Waals surface area contributed by atoms with Crippen LogP contribution in [-0.4, -0.2) is 18.3 Å². The van der Waals surface area contributed by atoms with Crippen molar-refractivity contribution in [2.75, 3.05) is 13.2 Å². The Labute approximate surface area is 95.9 Å². The van der Waals surface area contributed by atoms with Gasteiger partial charge in [-0.2, -0.15) is 0 Å². The van der Waals surface area contributed by atoms with Crippen LogP contribution in [0.25, 0.3) is 10.8 Å². The van der Waals surface area contributed by atoms with Gasteiger partial charge in [-0.3, -0.25) is 0 Å². The van der Waals surface area contributed by atoms with Crippen LogP contribution in [0.4, 0.5) is 0 Å². The lowest BCUT2D eigenvalue weighted by molar-refractivity contribution is 0.286. The molecule has 0 aliphatic carbocycles. The first-order valence-electron chi connectivity index (χ1n) is 5.64. The lowest BCUT2D eigenvalue weighted by atomic mass is 10.0. The van der Waals surface area contributed by atoms with Crippen molar-refractivity contribution >= 4 is 10.8 Å². The van der Waals surface area contributed by atoms with E-state index in [4.69, 9.17) is 5.11 Å². The van der Waals surface area contributed by atoms with Crippen LogP contribution in [0.2, 0.25) is 0 Å². The topological polar surface area (TPSA) is 32.3 Å². The van der Waals surface area contributed by atoms with Crippen LogP contribution in [0, 0.1) is 0 Å². The molecule has 0 bridgehead atoms. The van der Waals surface area contributed by atoms with Gasteiger partial charge in [0.1, 0.15) is 0 Å². The van der Waals surface area contributed by atoms with E-state index in [-0.39, 0.29) is 12.6 Å². The van der Waals surface area contributed by atoms with Crippen molar-refractivity contribution in [3.63, 3.8) is 0 Å². The Bertz CT molecular complexity index is 467. The van der Waals surface area contributed by atoms with Crippen molar-refractivity contribution in [2.24, 2.45) is 0 Å². The number of nitrogens with one attached hydrogen (secondary N) is 1. The summed E-state index contributed by atoms with van der Waals surface area (Å²) in [7, 11) is 0. The Kier molecular flexibility index (Phi) is 3.54. The molecule has 2 rings (SSSR count). The van der Waals surface area contributed by atoms with Crippen molar-refractivity contribution < 1.29 is 5.11 Å². The van der Waals surface area contributed by atoms with Gasteiger partial charge < -0.3 is 10.4 Å². The number of hydrogen-bond acceptors (Lipinski definition) is 2. The van der Waals surface area contributed by atoms with E-state index in [2.05, 4.69) is 54.7 Å². The third-order valence-electron chi connectivity index (χ3n) is 2.84. The van der Waals surface area contributed by atoms with Gasteiger partial charge in [0.2, 0.25) is 0 Å². The highest BCUT2D eigenvalue weighted by Crippen LogP contribution is 2.19. The van der Waals surface area contributed by atoms with E-state index < -0.39 is 0 Å². The molecule has 0 saturated heterocycles. The van der Waals surface area contributed by atoms with E-state index >= 15 is 0 Å². The molecule has 1 atom stereocenters. The molecule has 0 heterocycles. The predicted octanol–water partition coefficient (Wildman–Crippen LogP) is 2.48. The van der Waals surface area contributed by atoms with E-state index in [0.717, 1.165) is 0 Å². The zero-order valence-electron chi connectivity index (χ0n) is 9.48. The molecule has 0 saturated carbocycles. The first-order valence-corrected chi connectivity index (χ1v) is 5.64. The molecular formula is C14H17NO. The van der Waals surface area contributed by atoms with Gasteiger partial charge in [0.05, 0.1) is 6.61 Å². The zero-order chi connectivity index (χ0) is 11.4. The molecule has 84 valence electrons. The maximum atomic E-state index is 8.77. The highest BCUT2D eigenvalue weighted by molar-refractivity contribution is 5.83. The Morgan fingerprint density at radius 2 is 1.88 bits per heavy atom. The number of aliphatic hydroxyl groups excluding tert-OH is 1. The summed E-state index contributed by atoms with van der Waals surface area (Å²) >= 11 is 0. The van der Waals surface area contributed by atoms with Crippen molar-refractivity contribution in [1.29, 1.82) is 0 Å². The SMILES string of the molecule is C[C@H](NCCO)c1ccc2ccccc2c1. The first kappa shape index (κ1) is 11.1. The molecule has 2 heteroatoms. The molecular weight excluding hydrogens is 198 g/mol. The van der Waals surface area contributed by atoms with E-state index in [9.17, 15) is 0 Å². The molecule has 2 nitrogen and oxygen atoms in total. The molecule has 0 fully saturated rings. The van der Waals surface area contributed by atoms with Crippen LogP contribution in [0.1, 0.15) is 18.5 Å². The molecule has 16 heavy (non-hydrogen) atoms. The average molecular weight is 215 g/mol. The molecule has 0 unspecified atom stereocenters. The largest absolute Gasteiger partial charge is 0.395 e. The number of rotatable bonds is 4. The molecule has 2 N–H and O–H groups in total. The minimum Gasteiger partial charge on any atom is -0.395 e. The van der Waals surface area contributed by atoms with E-state index in [1.54, 1.807) is 0 Å². The second-order valence-electron chi connectivity index (χ2n) is 4.01. The summed E-state index contributed by atoms with van der Waals surface area (Å²) in [6, 6.07) is 15.1. The Morgan fingerprint density at radius 1 is 1.12 bits per heavy atom. The second kappa shape index (κ2) is 5.10. The number of fused-ring (bicyclic) bond motifs is 1. The molecule has 0 spiro atoms. The highest BCUT2D eigenvalue weighted by Gasteiger charge is 2.04. The van der Waals surface area contributed by atoms with Gasteiger partial charge in [-0.05, 0) is 29.3 Å². The first-order chi connectivity index (χ1) is 7.81. The summed E-state index contributed by atoms with van der Waals surface area (Å²) < 4.78 is 0. The van der Waals surface area contributed by atoms with E-state index in [1.807, 2.05) is 0 Å². The standard InChI is InChI=1S/C14H17NO/c1-11(15-8-9-16)13-7-6-12-4-2-3-5-14(12)10-13/h2-7,10-11,15-16H,8-9H2,1H3/t11-/m0/s1. The Hall–Kier alpha value is -1.38. The van der Waals surface area contributed by atoms with Gasteiger partial charge in [0, 0.05) is 12.6 Å². The zero-order valence-corrected chi connectivity index (χ0v) is 9.48. The minimum absolute atomic E-state index is 0.178. The fraction of sp³-hybridized carbons (Fsp3) is 0.286. The molecule has 0 aromatic heterocycles. The van der Waals surface area contributed by atoms with Crippen LogP contribution in [0.3, 0.4) is 0 Å². The average Bonchev–Trinajstić information content (AvgIpc) is 2.35. The van der Waals surface area contributed by atoms with Gasteiger partial charge in [-0.15, -0.1) is 0 Å². The van der Waals surface area contributed by atoms with Crippen molar-refractivity contribution in [1.82, 2.24) is 5.32 Å². The number of aliphatic hydroxyl groups is 1. The van der Waals surface area contributed by atoms with Crippen molar-refractivity contribution in [2.45, 2.75) is 13.0 Å². The summed E-state index contributed by atoms with van der Waals surface area (Å²) in [6.45, 7) is 2.92. The molecule has 2 aromatic carbocycles. The summed E-state index contributed by atoms with van der Waals surface area (Å²) in [5.74, 6) is 0. The number of benzene rings is 2. The number of hydrogen-bond donors (Lipinski definition) is 2. The highest BCUT2D eigenvalue weighted by atomic mass is 16.3. The van der Waals surface area contributed by atoms with E-state index in [0.29, 0.717) is 6.54 Å². The van der Waals surface area contributed by atoms with Crippen LogP contribution in [-0.2, 0) is 0 Å². The van der Waals surface area contributed by atoms with Crippen LogP contribution in [0.5, 0.6) is 0 Å². The maximum absolute atomic E-state index is 8.77. The quantitative estimate of drug-likeness (QED) is 0.821. The van der Waals surface area contributed by atoms with E-state index in [1.165, 1.54) is 16.3 Å². The molecule has 0 aliphatic rings. The second-order valence-corrected chi connectivity index (χ2v) is 4.01. The fourth-order valence-corrected chi connectivity index (χ4v) is 1.88. The summed E-state index contributed by atoms with van der Waals surface area (Å²) in [5.41, 5.74) is 1.26. The van der Waals surface area contributed by atoms with Crippen LogP contribution < -0.4 is 5.32 Å². The van der Waals surface area contributed by atoms with Crippen molar-refractivity contribution in [3.8, 4) is 0 Å². The lowest BCUT2D eigenvalue weighted by Gasteiger charge is -2.14. The molecule has 2 aromatic rings. The minimum atomic E-state index is 0.178. The summed E-state index contributed by atoms with van der Waals surface area (Å²) in [6.07, 6.45) is 0. The van der Waals surface area contributed by atoms with Gasteiger partial charge in [0.25, 0.3) is 0 Å². The van der Waals surface area contributed by atoms with Crippen LogP contribution >= 0.6 is 0 Å². The fourth-order valence-electron chi connectivity index (χ4n) is 1.88. The van der Waals surface area contributed by atoms with Gasteiger partial charge >= 0.3 is 0 Å². The maximum Gasteiger partial charge on any atom is 0.0556 e. The normalized spacial score (nSPS) is 12.9.